The highest BCUT2D eigenvalue weighted by Crippen LogP contribution is 2.39. The molecule has 0 aliphatic heterocycles. The molecule has 2 aromatic rings. The van der Waals surface area contributed by atoms with Crippen molar-refractivity contribution < 1.29 is 9.53 Å². The van der Waals surface area contributed by atoms with Gasteiger partial charge in [-0.3, -0.25) is 4.90 Å². The van der Waals surface area contributed by atoms with Gasteiger partial charge in [-0.05, 0) is 92.4 Å². The first kappa shape index (κ1) is 23.4. The molecule has 0 aliphatic rings. The van der Waals surface area contributed by atoms with E-state index in [1.807, 2.05) is 19.1 Å². The molecule has 0 spiro atoms. The molecular formula is C22H26Br3NO2. The zero-order valence-electron chi connectivity index (χ0n) is 17.1. The monoisotopic (exact) mass is 573 g/mol. The summed E-state index contributed by atoms with van der Waals surface area (Å²) in [6, 6.07) is 8.29. The molecule has 0 heterocycles. The van der Waals surface area contributed by atoms with Crippen molar-refractivity contribution in [3.63, 3.8) is 0 Å². The van der Waals surface area contributed by atoms with Crippen molar-refractivity contribution in [2.45, 2.75) is 53.5 Å². The number of carbonyl (C=O) groups is 1. The Labute approximate surface area is 193 Å². The van der Waals surface area contributed by atoms with Gasteiger partial charge < -0.3 is 4.74 Å². The Balaban J connectivity index is 2.55. The van der Waals surface area contributed by atoms with Crippen LogP contribution in [0, 0.1) is 13.8 Å². The van der Waals surface area contributed by atoms with E-state index in [0.717, 1.165) is 24.7 Å². The predicted octanol–water partition coefficient (Wildman–Crippen LogP) is 8.05. The number of hydrogen-bond donors (Lipinski definition) is 0. The molecule has 2 rings (SSSR count). The quantitative estimate of drug-likeness (QED) is 0.369. The first-order valence-corrected chi connectivity index (χ1v) is 11.5. The molecule has 0 bridgehead atoms. The topological polar surface area (TPSA) is 29.5 Å². The number of anilines is 1. The van der Waals surface area contributed by atoms with E-state index in [1.54, 1.807) is 4.90 Å². The predicted molar refractivity (Wildman–Crippen MR) is 127 cm³/mol. The Morgan fingerprint density at radius 1 is 1.00 bits per heavy atom. The molecule has 6 heteroatoms. The highest BCUT2D eigenvalue weighted by atomic mass is 79.9. The van der Waals surface area contributed by atoms with E-state index in [1.165, 1.54) is 16.7 Å². The third-order valence-corrected chi connectivity index (χ3v) is 6.28. The fourth-order valence-electron chi connectivity index (χ4n) is 3.06. The molecule has 0 aromatic heterocycles. The van der Waals surface area contributed by atoms with Crippen molar-refractivity contribution in [2.75, 3.05) is 11.5 Å². The molecule has 0 aliphatic carbocycles. The van der Waals surface area contributed by atoms with Gasteiger partial charge in [0.25, 0.3) is 0 Å². The third-order valence-electron chi connectivity index (χ3n) is 4.62. The standard InChI is InChI=1S/C22H26Br3NO2/c1-7-28-21(27)26(20-18(24)10-16(23)11-19(20)25)12-17-13(2)8-15(9-14(17)3)22(4,5)6/h8-11H,7,12H2,1-6H3. The van der Waals surface area contributed by atoms with E-state index in [-0.39, 0.29) is 11.5 Å². The van der Waals surface area contributed by atoms with Gasteiger partial charge in [0.1, 0.15) is 0 Å². The Morgan fingerprint density at radius 3 is 1.93 bits per heavy atom. The van der Waals surface area contributed by atoms with Crippen LogP contribution >= 0.6 is 47.8 Å². The van der Waals surface area contributed by atoms with Crippen molar-refractivity contribution in [3.05, 3.63) is 59.9 Å². The number of rotatable bonds is 4. The van der Waals surface area contributed by atoms with Crippen LogP contribution in [0.5, 0.6) is 0 Å². The first-order valence-electron chi connectivity index (χ1n) is 9.15. The minimum atomic E-state index is -0.370. The lowest BCUT2D eigenvalue weighted by Gasteiger charge is -2.27. The maximum Gasteiger partial charge on any atom is 0.414 e. The number of carbonyl (C=O) groups excluding carboxylic acids is 1. The normalized spacial score (nSPS) is 11.5. The minimum Gasteiger partial charge on any atom is -0.449 e. The van der Waals surface area contributed by atoms with Crippen molar-refractivity contribution in [2.24, 2.45) is 0 Å². The molecule has 1 amide bonds. The van der Waals surface area contributed by atoms with Crippen LogP contribution in [0.25, 0.3) is 0 Å². The fraction of sp³-hybridized carbons (Fsp3) is 0.409. The van der Waals surface area contributed by atoms with Gasteiger partial charge in [-0.2, -0.15) is 0 Å². The van der Waals surface area contributed by atoms with Crippen LogP contribution in [0.1, 0.15) is 49.9 Å². The highest BCUT2D eigenvalue weighted by Gasteiger charge is 2.25. The summed E-state index contributed by atoms with van der Waals surface area (Å²) in [6.45, 7) is 13.4. The first-order chi connectivity index (χ1) is 13.0. The van der Waals surface area contributed by atoms with Crippen molar-refractivity contribution in [3.8, 4) is 0 Å². The molecule has 0 saturated heterocycles. The smallest absolute Gasteiger partial charge is 0.414 e. The third kappa shape index (κ3) is 5.39. The number of nitrogens with zero attached hydrogens (tertiary/aromatic N) is 1. The zero-order valence-corrected chi connectivity index (χ0v) is 21.9. The fourth-order valence-corrected chi connectivity index (χ4v) is 5.75. The van der Waals surface area contributed by atoms with E-state index >= 15 is 0 Å². The van der Waals surface area contributed by atoms with Gasteiger partial charge in [0.15, 0.2) is 0 Å². The second-order valence-corrected chi connectivity index (χ2v) is 10.5. The zero-order chi connectivity index (χ0) is 21.2. The molecule has 0 N–H and O–H groups in total. The highest BCUT2D eigenvalue weighted by molar-refractivity contribution is 9.11. The van der Waals surface area contributed by atoms with Gasteiger partial charge in [0.05, 0.1) is 18.8 Å². The van der Waals surface area contributed by atoms with Crippen molar-refractivity contribution >= 4 is 59.6 Å². The summed E-state index contributed by atoms with van der Waals surface area (Å²) in [5.41, 5.74) is 5.59. The Kier molecular flexibility index (Phi) is 7.79. The molecule has 0 fully saturated rings. The van der Waals surface area contributed by atoms with Gasteiger partial charge >= 0.3 is 6.09 Å². The number of aryl methyl sites for hydroxylation is 2. The lowest BCUT2D eigenvalue weighted by atomic mass is 9.83. The summed E-state index contributed by atoms with van der Waals surface area (Å²) >= 11 is 10.7. The largest absolute Gasteiger partial charge is 0.449 e. The van der Waals surface area contributed by atoms with Crippen LogP contribution in [0.3, 0.4) is 0 Å². The SMILES string of the molecule is CCOC(=O)N(Cc1c(C)cc(C(C)(C)C)cc1C)c1c(Br)cc(Br)cc1Br. The maximum absolute atomic E-state index is 12.8. The average Bonchev–Trinajstić information content (AvgIpc) is 2.54. The molecule has 28 heavy (non-hydrogen) atoms. The van der Waals surface area contributed by atoms with Gasteiger partial charge in [0.2, 0.25) is 0 Å². The van der Waals surface area contributed by atoms with Crippen LogP contribution < -0.4 is 4.90 Å². The lowest BCUT2D eigenvalue weighted by Crippen LogP contribution is -2.32. The number of benzene rings is 2. The van der Waals surface area contributed by atoms with Crippen molar-refractivity contribution in [1.82, 2.24) is 0 Å². The van der Waals surface area contributed by atoms with Gasteiger partial charge in [-0.15, -0.1) is 0 Å². The van der Waals surface area contributed by atoms with Gasteiger partial charge in [-0.1, -0.05) is 48.8 Å². The molecule has 0 radical (unpaired) electrons. The van der Waals surface area contributed by atoms with E-state index in [0.29, 0.717) is 13.2 Å². The Bertz CT molecular complexity index is 842. The van der Waals surface area contributed by atoms with E-state index < -0.39 is 0 Å². The summed E-state index contributed by atoms with van der Waals surface area (Å²) in [5, 5.41) is 0. The molecular weight excluding hydrogens is 550 g/mol. The summed E-state index contributed by atoms with van der Waals surface area (Å²) in [4.78, 5) is 14.5. The molecule has 0 atom stereocenters. The van der Waals surface area contributed by atoms with Crippen LogP contribution in [0.4, 0.5) is 10.5 Å². The van der Waals surface area contributed by atoms with Crippen LogP contribution in [-0.4, -0.2) is 12.7 Å². The van der Waals surface area contributed by atoms with Gasteiger partial charge in [-0.25, -0.2) is 4.79 Å². The minimum absolute atomic E-state index is 0.0760. The van der Waals surface area contributed by atoms with Crippen LogP contribution in [0.2, 0.25) is 0 Å². The number of ether oxygens (including phenoxy) is 1. The Morgan fingerprint density at radius 2 is 1.50 bits per heavy atom. The van der Waals surface area contributed by atoms with Crippen molar-refractivity contribution in [1.29, 1.82) is 0 Å². The lowest BCUT2D eigenvalue weighted by molar-refractivity contribution is 0.159. The average molecular weight is 576 g/mol. The Hall–Kier alpha value is -0.850. The summed E-state index contributed by atoms with van der Waals surface area (Å²) in [7, 11) is 0. The van der Waals surface area contributed by atoms with Crippen LogP contribution in [-0.2, 0) is 16.7 Å². The second-order valence-electron chi connectivity index (χ2n) is 7.84. The van der Waals surface area contributed by atoms with E-state index in [4.69, 9.17) is 4.74 Å². The molecule has 0 saturated carbocycles. The summed E-state index contributed by atoms with van der Waals surface area (Å²) < 4.78 is 7.90. The van der Waals surface area contributed by atoms with E-state index in [2.05, 4.69) is 94.5 Å². The molecule has 2 aromatic carbocycles. The molecule has 3 nitrogen and oxygen atoms in total. The van der Waals surface area contributed by atoms with E-state index in [9.17, 15) is 4.79 Å². The number of amides is 1. The number of hydrogen-bond acceptors (Lipinski definition) is 2. The summed E-state index contributed by atoms with van der Waals surface area (Å²) in [5.74, 6) is 0. The molecule has 152 valence electrons. The maximum atomic E-state index is 12.8. The van der Waals surface area contributed by atoms with Gasteiger partial charge in [0, 0.05) is 13.4 Å². The van der Waals surface area contributed by atoms with Crippen LogP contribution in [0.15, 0.2) is 37.7 Å². The number of halogens is 3. The summed E-state index contributed by atoms with van der Waals surface area (Å²) in [6.07, 6.45) is -0.370. The molecule has 0 unspecified atom stereocenters. The second kappa shape index (κ2) is 9.31.